The molecule has 0 saturated heterocycles. The molecule has 0 amide bonds. The Bertz CT molecular complexity index is 78.6. The third kappa shape index (κ3) is 4.71. The van der Waals surface area contributed by atoms with Gasteiger partial charge in [0.05, 0.1) is 0 Å². The van der Waals surface area contributed by atoms with Crippen molar-refractivity contribution in [1.29, 1.82) is 0 Å². The molecule has 0 aromatic carbocycles. The van der Waals surface area contributed by atoms with E-state index in [1.165, 1.54) is 19.3 Å². The zero-order valence-electron chi connectivity index (χ0n) is 6.28. The van der Waals surface area contributed by atoms with Gasteiger partial charge in [0.2, 0.25) is 0 Å². The molecule has 0 radical (unpaired) electrons. The summed E-state index contributed by atoms with van der Waals surface area (Å²) in [6, 6.07) is 0. The highest BCUT2D eigenvalue weighted by atomic mass is 79.9. The molecule has 0 atom stereocenters. The number of halogens is 1. The van der Waals surface area contributed by atoms with Crippen molar-refractivity contribution in [1.82, 2.24) is 0 Å². The summed E-state index contributed by atoms with van der Waals surface area (Å²) in [6.45, 7) is 4.42. The Morgan fingerprint density at radius 2 is 1.89 bits per heavy atom. The minimum atomic E-state index is 1.09. The second kappa shape index (κ2) is 6.34. The quantitative estimate of drug-likeness (QED) is 0.471. The smallest absolute Gasteiger partial charge is 0.00660 e. The van der Waals surface area contributed by atoms with Crippen LogP contribution in [0.2, 0.25) is 0 Å². The second-order valence-corrected chi connectivity index (χ2v) is 2.84. The first-order valence-corrected chi connectivity index (χ1v) is 4.71. The van der Waals surface area contributed by atoms with Crippen LogP contribution in [-0.4, -0.2) is 5.33 Å². The minimum Gasteiger partial charge on any atom is -0.0925 e. The Hall–Kier alpha value is 0.220. The molecule has 0 nitrogen and oxygen atoms in total. The lowest BCUT2D eigenvalue weighted by Crippen LogP contribution is -1.77. The Labute approximate surface area is 66.5 Å². The number of allylic oxidation sites excluding steroid dienone is 2. The van der Waals surface area contributed by atoms with Gasteiger partial charge in [-0.3, -0.25) is 0 Å². The van der Waals surface area contributed by atoms with E-state index in [-0.39, 0.29) is 0 Å². The van der Waals surface area contributed by atoms with Crippen LogP contribution < -0.4 is 0 Å². The van der Waals surface area contributed by atoms with E-state index < -0.39 is 0 Å². The van der Waals surface area contributed by atoms with Crippen LogP contribution in [0.25, 0.3) is 0 Å². The van der Waals surface area contributed by atoms with Gasteiger partial charge in [0.15, 0.2) is 0 Å². The molecule has 1 heteroatoms. The summed E-state index contributed by atoms with van der Waals surface area (Å²) < 4.78 is 0. The molecule has 0 saturated carbocycles. The lowest BCUT2D eigenvalue weighted by Gasteiger charge is -1.96. The number of hydrogen-bond donors (Lipinski definition) is 0. The highest BCUT2D eigenvalue weighted by molar-refractivity contribution is 9.09. The summed E-state index contributed by atoms with van der Waals surface area (Å²) in [5.41, 5.74) is 1.58. The van der Waals surface area contributed by atoms with Crippen molar-refractivity contribution < 1.29 is 0 Å². The highest BCUT2D eigenvalue weighted by Crippen LogP contribution is 2.06. The molecular formula is C8H15Br. The molecule has 0 fully saturated rings. The zero-order valence-corrected chi connectivity index (χ0v) is 7.87. The van der Waals surface area contributed by atoms with Gasteiger partial charge >= 0.3 is 0 Å². The van der Waals surface area contributed by atoms with Gasteiger partial charge in [-0.2, -0.15) is 0 Å². The molecule has 0 heterocycles. The summed E-state index contributed by atoms with van der Waals surface area (Å²) in [4.78, 5) is 0. The fourth-order valence-electron chi connectivity index (χ4n) is 0.797. The Kier molecular flexibility index (Phi) is 6.50. The molecule has 0 aromatic rings. The van der Waals surface area contributed by atoms with Gasteiger partial charge in [0.25, 0.3) is 0 Å². The maximum absolute atomic E-state index is 3.39. The Balaban J connectivity index is 3.48. The largest absolute Gasteiger partial charge is 0.0925 e. The van der Waals surface area contributed by atoms with E-state index in [2.05, 4.69) is 35.9 Å². The van der Waals surface area contributed by atoms with Gasteiger partial charge < -0.3 is 0 Å². The van der Waals surface area contributed by atoms with Crippen LogP contribution >= 0.6 is 15.9 Å². The van der Waals surface area contributed by atoms with Crippen molar-refractivity contribution in [3.05, 3.63) is 11.6 Å². The van der Waals surface area contributed by atoms with Gasteiger partial charge in [-0.25, -0.2) is 0 Å². The predicted octanol–water partition coefficient (Wildman–Crippen LogP) is 3.52. The van der Waals surface area contributed by atoms with Crippen LogP contribution in [0.3, 0.4) is 0 Å². The van der Waals surface area contributed by atoms with Crippen LogP contribution in [0.5, 0.6) is 0 Å². The van der Waals surface area contributed by atoms with E-state index in [1.54, 1.807) is 5.57 Å². The van der Waals surface area contributed by atoms with E-state index in [9.17, 15) is 0 Å². The molecule has 0 rings (SSSR count). The third-order valence-electron chi connectivity index (χ3n) is 1.45. The fourth-order valence-corrected chi connectivity index (χ4v) is 1.03. The molecule has 0 spiro atoms. The highest BCUT2D eigenvalue weighted by Gasteiger charge is 1.86. The Morgan fingerprint density at radius 3 is 2.22 bits per heavy atom. The molecule has 0 unspecified atom stereocenters. The maximum Gasteiger partial charge on any atom is 0.00660 e. The summed E-state index contributed by atoms with van der Waals surface area (Å²) >= 11 is 3.39. The van der Waals surface area contributed by atoms with Crippen LogP contribution in [0, 0.1) is 0 Å². The van der Waals surface area contributed by atoms with Gasteiger partial charge in [0.1, 0.15) is 0 Å². The SMILES string of the molecule is CCC(=CCCBr)CC. The van der Waals surface area contributed by atoms with Crippen molar-refractivity contribution in [2.24, 2.45) is 0 Å². The lowest BCUT2D eigenvalue weighted by molar-refractivity contribution is 0.958. The monoisotopic (exact) mass is 190 g/mol. The van der Waals surface area contributed by atoms with Crippen molar-refractivity contribution in [2.45, 2.75) is 33.1 Å². The first-order chi connectivity index (χ1) is 4.35. The van der Waals surface area contributed by atoms with Gasteiger partial charge in [-0.15, -0.1) is 0 Å². The molecular weight excluding hydrogens is 176 g/mol. The third-order valence-corrected chi connectivity index (χ3v) is 1.91. The van der Waals surface area contributed by atoms with Crippen LogP contribution in [0.4, 0.5) is 0 Å². The minimum absolute atomic E-state index is 1.09. The van der Waals surface area contributed by atoms with Crippen LogP contribution in [0.15, 0.2) is 11.6 Å². The first kappa shape index (κ1) is 9.22. The van der Waals surface area contributed by atoms with Crippen molar-refractivity contribution in [2.75, 3.05) is 5.33 Å². The summed E-state index contributed by atoms with van der Waals surface area (Å²) in [5.74, 6) is 0. The van der Waals surface area contributed by atoms with E-state index in [1.807, 2.05) is 0 Å². The summed E-state index contributed by atoms with van der Waals surface area (Å²) in [7, 11) is 0. The summed E-state index contributed by atoms with van der Waals surface area (Å²) in [6.07, 6.45) is 5.93. The average molecular weight is 191 g/mol. The topological polar surface area (TPSA) is 0 Å². The molecule has 0 aliphatic heterocycles. The zero-order chi connectivity index (χ0) is 7.11. The number of alkyl halides is 1. The van der Waals surface area contributed by atoms with Gasteiger partial charge in [0, 0.05) is 5.33 Å². The average Bonchev–Trinajstić information content (AvgIpc) is 1.91. The van der Waals surface area contributed by atoms with Crippen molar-refractivity contribution in [3.8, 4) is 0 Å². The van der Waals surface area contributed by atoms with Crippen LogP contribution in [-0.2, 0) is 0 Å². The van der Waals surface area contributed by atoms with Crippen LogP contribution in [0.1, 0.15) is 33.1 Å². The molecule has 9 heavy (non-hydrogen) atoms. The number of hydrogen-bond acceptors (Lipinski definition) is 0. The van der Waals surface area contributed by atoms with E-state index in [0.717, 1.165) is 5.33 Å². The molecule has 0 aliphatic rings. The normalized spacial score (nSPS) is 9.22. The van der Waals surface area contributed by atoms with E-state index in [0.29, 0.717) is 0 Å². The standard InChI is InChI=1S/C8H15Br/c1-3-8(4-2)6-5-7-9/h6H,3-5,7H2,1-2H3. The number of rotatable bonds is 4. The molecule has 0 bridgehead atoms. The molecule has 0 aliphatic carbocycles. The van der Waals surface area contributed by atoms with E-state index in [4.69, 9.17) is 0 Å². The van der Waals surface area contributed by atoms with Crippen molar-refractivity contribution >= 4 is 15.9 Å². The van der Waals surface area contributed by atoms with Gasteiger partial charge in [-0.1, -0.05) is 41.4 Å². The molecule has 54 valence electrons. The van der Waals surface area contributed by atoms with Crippen molar-refractivity contribution in [3.63, 3.8) is 0 Å². The first-order valence-electron chi connectivity index (χ1n) is 3.59. The maximum atomic E-state index is 3.39. The lowest BCUT2D eigenvalue weighted by atomic mass is 10.1. The Morgan fingerprint density at radius 1 is 1.33 bits per heavy atom. The fraction of sp³-hybridized carbons (Fsp3) is 0.750. The van der Waals surface area contributed by atoms with Gasteiger partial charge in [-0.05, 0) is 19.3 Å². The molecule has 0 N–H and O–H groups in total. The molecule has 0 aromatic heterocycles. The summed E-state index contributed by atoms with van der Waals surface area (Å²) in [5, 5.41) is 1.09. The van der Waals surface area contributed by atoms with E-state index >= 15 is 0 Å². The predicted molar refractivity (Wildman–Crippen MR) is 47.1 cm³/mol. The second-order valence-electron chi connectivity index (χ2n) is 2.05.